The van der Waals surface area contributed by atoms with Crippen molar-refractivity contribution < 1.29 is 4.74 Å². The van der Waals surface area contributed by atoms with Crippen molar-refractivity contribution in [3.05, 3.63) is 0 Å². The third kappa shape index (κ3) is 2.03. The van der Waals surface area contributed by atoms with Crippen molar-refractivity contribution in [3.8, 4) is 0 Å². The van der Waals surface area contributed by atoms with E-state index in [4.69, 9.17) is 10.5 Å². The van der Waals surface area contributed by atoms with Crippen molar-refractivity contribution in [2.75, 3.05) is 26.8 Å². The first-order valence-corrected chi connectivity index (χ1v) is 5.32. The monoisotopic (exact) mass is 184 g/mol. The molecule has 0 radical (unpaired) electrons. The van der Waals surface area contributed by atoms with E-state index in [0.29, 0.717) is 12.0 Å². The highest BCUT2D eigenvalue weighted by Crippen LogP contribution is 2.30. The van der Waals surface area contributed by atoms with Gasteiger partial charge in [-0.15, -0.1) is 0 Å². The Labute approximate surface area is 80.2 Å². The van der Waals surface area contributed by atoms with Gasteiger partial charge in [-0.2, -0.15) is 0 Å². The minimum Gasteiger partial charge on any atom is -0.381 e. The lowest BCUT2D eigenvalue weighted by Gasteiger charge is -2.31. The summed E-state index contributed by atoms with van der Waals surface area (Å²) in [7, 11) is 2.22. The van der Waals surface area contributed by atoms with E-state index in [9.17, 15) is 0 Å². The summed E-state index contributed by atoms with van der Waals surface area (Å²) in [5, 5.41) is 0. The molecule has 2 rings (SSSR count). The van der Waals surface area contributed by atoms with Crippen molar-refractivity contribution in [1.82, 2.24) is 4.90 Å². The summed E-state index contributed by atoms with van der Waals surface area (Å²) in [5.74, 6) is 0.676. The van der Waals surface area contributed by atoms with Gasteiger partial charge in [0.25, 0.3) is 0 Å². The lowest BCUT2D eigenvalue weighted by Crippen LogP contribution is -2.44. The van der Waals surface area contributed by atoms with E-state index in [1.807, 2.05) is 0 Å². The topological polar surface area (TPSA) is 38.5 Å². The maximum Gasteiger partial charge on any atom is 0.0510 e. The summed E-state index contributed by atoms with van der Waals surface area (Å²) in [4.78, 5) is 2.47. The molecule has 0 amide bonds. The highest BCUT2D eigenvalue weighted by molar-refractivity contribution is 4.90. The minimum atomic E-state index is 0.551. The molecule has 3 heteroatoms. The van der Waals surface area contributed by atoms with Crippen LogP contribution >= 0.6 is 0 Å². The fraction of sp³-hybridized carbons (Fsp3) is 1.00. The second kappa shape index (κ2) is 3.95. The Morgan fingerprint density at radius 1 is 1.46 bits per heavy atom. The predicted octanol–water partition coefficient (Wildman–Crippen LogP) is 0.444. The molecule has 0 bridgehead atoms. The fourth-order valence-corrected chi connectivity index (χ4v) is 2.30. The molecule has 2 atom stereocenters. The van der Waals surface area contributed by atoms with E-state index in [-0.39, 0.29) is 0 Å². The number of hydrogen-bond donors (Lipinski definition) is 1. The maximum atomic E-state index is 5.82. The van der Waals surface area contributed by atoms with Crippen LogP contribution in [0.15, 0.2) is 0 Å². The Balaban J connectivity index is 1.90. The van der Waals surface area contributed by atoms with Crippen LogP contribution in [0.5, 0.6) is 0 Å². The van der Waals surface area contributed by atoms with Crippen LogP contribution in [0.25, 0.3) is 0 Å². The first-order chi connectivity index (χ1) is 6.33. The molecule has 3 nitrogen and oxygen atoms in total. The molecule has 2 aliphatic rings. The molecule has 2 unspecified atom stereocenters. The molecule has 2 N–H and O–H groups in total. The van der Waals surface area contributed by atoms with Gasteiger partial charge in [-0.25, -0.2) is 0 Å². The van der Waals surface area contributed by atoms with E-state index in [1.165, 1.54) is 19.3 Å². The first-order valence-electron chi connectivity index (χ1n) is 5.32. The van der Waals surface area contributed by atoms with Crippen molar-refractivity contribution >= 4 is 0 Å². The van der Waals surface area contributed by atoms with E-state index in [2.05, 4.69) is 11.9 Å². The summed E-state index contributed by atoms with van der Waals surface area (Å²) in [6.45, 7) is 2.62. The van der Waals surface area contributed by atoms with Crippen LogP contribution < -0.4 is 5.73 Å². The molecule has 0 spiro atoms. The van der Waals surface area contributed by atoms with Crippen LogP contribution in [-0.4, -0.2) is 43.8 Å². The van der Waals surface area contributed by atoms with Gasteiger partial charge in [0.1, 0.15) is 0 Å². The summed E-state index contributed by atoms with van der Waals surface area (Å²) in [6, 6.07) is 1.36. The molecule has 76 valence electrons. The molecular formula is C10H20N2O. The molecule has 1 saturated carbocycles. The number of nitrogens with zero attached hydrogens (tertiary/aromatic N) is 1. The van der Waals surface area contributed by atoms with Gasteiger partial charge in [0.15, 0.2) is 0 Å². The van der Waals surface area contributed by atoms with Gasteiger partial charge in [-0.1, -0.05) is 0 Å². The van der Waals surface area contributed by atoms with Gasteiger partial charge in [-0.05, 0) is 26.3 Å². The van der Waals surface area contributed by atoms with Gasteiger partial charge in [0.2, 0.25) is 0 Å². The zero-order valence-electron chi connectivity index (χ0n) is 8.41. The Kier molecular flexibility index (Phi) is 2.86. The Morgan fingerprint density at radius 3 is 2.69 bits per heavy atom. The molecule has 2 fully saturated rings. The van der Waals surface area contributed by atoms with Gasteiger partial charge < -0.3 is 10.5 Å². The van der Waals surface area contributed by atoms with Crippen LogP contribution in [-0.2, 0) is 4.74 Å². The van der Waals surface area contributed by atoms with E-state index in [0.717, 1.165) is 25.8 Å². The lowest BCUT2D eigenvalue weighted by molar-refractivity contribution is 0.136. The molecule has 13 heavy (non-hydrogen) atoms. The first kappa shape index (κ1) is 9.44. The lowest BCUT2D eigenvalue weighted by atomic mass is 9.98. The third-order valence-corrected chi connectivity index (χ3v) is 3.40. The van der Waals surface area contributed by atoms with Crippen LogP contribution in [0.3, 0.4) is 0 Å². The number of rotatable bonds is 4. The van der Waals surface area contributed by atoms with Crippen LogP contribution in [0, 0.1) is 5.92 Å². The van der Waals surface area contributed by atoms with Crippen molar-refractivity contribution in [1.29, 1.82) is 0 Å². The highest BCUT2D eigenvalue weighted by atomic mass is 16.5. The number of likely N-dealkylation sites (N-methyl/N-ethyl adjacent to an activating group) is 1. The Bertz CT molecular complexity index is 162. The minimum absolute atomic E-state index is 0.551. The van der Waals surface area contributed by atoms with Crippen molar-refractivity contribution in [3.63, 3.8) is 0 Å². The van der Waals surface area contributed by atoms with Gasteiger partial charge in [0.05, 0.1) is 6.61 Å². The Hall–Kier alpha value is -0.120. The summed E-state index contributed by atoms with van der Waals surface area (Å²) < 4.78 is 5.41. The molecule has 0 aromatic carbocycles. The highest BCUT2D eigenvalue weighted by Gasteiger charge is 2.35. The van der Waals surface area contributed by atoms with Gasteiger partial charge in [0, 0.05) is 31.2 Å². The molecule has 1 heterocycles. The number of hydrogen-bond acceptors (Lipinski definition) is 3. The van der Waals surface area contributed by atoms with Crippen molar-refractivity contribution in [2.45, 2.75) is 31.3 Å². The molecule has 1 saturated heterocycles. The average molecular weight is 184 g/mol. The van der Waals surface area contributed by atoms with E-state index >= 15 is 0 Å². The van der Waals surface area contributed by atoms with E-state index < -0.39 is 0 Å². The summed E-state index contributed by atoms with van der Waals surface area (Å²) >= 11 is 0. The van der Waals surface area contributed by atoms with Crippen LogP contribution in [0.1, 0.15) is 19.3 Å². The quantitative estimate of drug-likeness (QED) is 0.689. The maximum absolute atomic E-state index is 5.82. The largest absolute Gasteiger partial charge is 0.381 e. The van der Waals surface area contributed by atoms with Crippen LogP contribution in [0.4, 0.5) is 0 Å². The van der Waals surface area contributed by atoms with Gasteiger partial charge in [-0.3, -0.25) is 4.90 Å². The summed E-state index contributed by atoms with van der Waals surface area (Å²) in [6.07, 6.45) is 3.92. The van der Waals surface area contributed by atoms with E-state index in [1.54, 1.807) is 0 Å². The molecule has 1 aliphatic carbocycles. The predicted molar refractivity (Wildman–Crippen MR) is 52.6 cm³/mol. The second-order valence-electron chi connectivity index (χ2n) is 4.32. The summed E-state index contributed by atoms with van der Waals surface area (Å²) in [5.41, 5.74) is 5.82. The number of ether oxygens (including phenoxy) is 1. The third-order valence-electron chi connectivity index (χ3n) is 3.40. The molecule has 1 aliphatic heterocycles. The zero-order valence-corrected chi connectivity index (χ0v) is 8.41. The normalized spacial score (nSPS) is 31.2. The molecular weight excluding hydrogens is 164 g/mol. The SMILES string of the molecule is CN(C1CC1)C(CN)C1CCOC1. The average Bonchev–Trinajstić information content (AvgIpc) is 2.86. The molecule has 0 aromatic rings. The number of nitrogens with two attached hydrogens (primary N) is 1. The molecule has 0 aromatic heterocycles. The standard InChI is InChI=1S/C10H20N2O/c1-12(9-2-3-9)10(6-11)8-4-5-13-7-8/h8-10H,2-7,11H2,1H3. The fourth-order valence-electron chi connectivity index (χ4n) is 2.30. The second-order valence-corrected chi connectivity index (χ2v) is 4.32. The van der Waals surface area contributed by atoms with Crippen LogP contribution in [0.2, 0.25) is 0 Å². The smallest absolute Gasteiger partial charge is 0.0510 e. The zero-order chi connectivity index (χ0) is 9.26. The van der Waals surface area contributed by atoms with Gasteiger partial charge >= 0.3 is 0 Å². The van der Waals surface area contributed by atoms with Crippen molar-refractivity contribution in [2.24, 2.45) is 11.7 Å². The Morgan fingerprint density at radius 2 is 2.23 bits per heavy atom.